The highest BCUT2D eigenvalue weighted by molar-refractivity contribution is 7.89. The Bertz CT molecular complexity index is 696. The van der Waals surface area contributed by atoms with E-state index >= 15 is 0 Å². The molecule has 0 radical (unpaired) electrons. The largest absolute Gasteiger partial charge is 0.399 e. The van der Waals surface area contributed by atoms with Gasteiger partial charge in [-0.15, -0.1) is 0 Å². The Balaban J connectivity index is 2.21. The van der Waals surface area contributed by atoms with Gasteiger partial charge in [-0.05, 0) is 18.2 Å². The number of halogens is 1. The average molecular weight is 301 g/mol. The summed E-state index contributed by atoms with van der Waals surface area (Å²) >= 11 is 5.89. The van der Waals surface area contributed by atoms with Crippen molar-refractivity contribution in [2.24, 2.45) is 7.05 Å². The Hall–Kier alpha value is -1.57. The second-order valence-corrected chi connectivity index (χ2v) is 6.11. The normalized spacial score (nSPS) is 11.7. The third-order valence-electron chi connectivity index (χ3n) is 2.59. The highest BCUT2D eigenvalue weighted by Gasteiger charge is 2.18. The van der Waals surface area contributed by atoms with Crippen molar-refractivity contribution in [3.05, 3.63) is 41.4 Å². The molecule has 0 aliphatic heterocycles. The van der Waals surface area contributed by atoms with Crippen molar-refractivity contribution in [3.63, 3.8) is 0 Å². The molecule has 0 unspecified atom stereocenters. The molecule has 2 aromatic rings. The number of nitrogens with two attached hydrogens (primary N) is 1. The molecule has 0 bridgehead atoms. The first-order valence-corrected chi connectivity index (χ1v) is 7.27. The SMILES string of the molecule is Cn1ccnc1CNS(=O)(=O)c1ccc(N)cc1Cl. The summed E-state index contributed by atoms with van der Waals surface area (Å²) in [4.78, 5) is 4.03. The molecule has 102 valence electrons. The molecule has 0 saturated heterocycles. The zero-order chi connectivity index (χ0) is 14.0. The third kappa shape index (κ3) is 3.06. The fourth-order valence-corrected chi connectivity index (χ4v) is 3.07. The predicted molar refractivity (Wildman–Crippen MR) is 73.1 cm³/mol. The van der Waals surface area contributed by atoms with Gasteiger partial charge in [-0.2, -0.15) is 0 Å². The molecule has 1 aromatic carbocycles. The smallest absolute Gasteiger partial charge is 0.242 e. The van der Waals surface area contributed by atoms with E-state index in [1.165, 1.54) is 18.2 Å². The fourth-order valence-electron chi connectivity index (χ4n) is 1.54. The minimum absolute atomic E-state index is 0.00224. The number of anilines is 1. The van der Waals surface area contributed by atoms with Crippen LogP contribution in [0.1, 0.15) is 5.82 Å². The van der Waals surface area contributed by atoms with Crippen molar-refractivity contribution in [2.75, 3.05) is 5.73 Å². The Morgan fingerprint density at radius 2 is 2.21 bits per heavy atom. The summed E-state index contributed by atoms with van der Waals surface area (Å²) < 4.78 is 28.4. The Labute approximate surface area is 116 Å². The molecule has 8 heteroatoms. The van der Waals surface area contributed by atoms with Gasteiger partial charge in [0.1, 0.15) is 10.7 Å². The number of hydrogen-bond acceptors (Lipinski definition) is 4. The summed E-state index contributed by atoms with van der Waals surface area (Å²) in [5.41, 5.74) is 5.94. The van der Waals surface area contributed by atoms with Crippen LogP contribution in [-0.2, 0) is 23.6 Å². The molecule has 1 aromatic heterocycles. The molecule has 2 rings (SSSR count). The molecule has 19 heavy (non-hydrogen) atoms. The van der Waals surface area contributed by atoms with Gasteiger partial charge < -0.3 is 10.3 Å². The van der Waals surface area contributed by atoms with Crippen molar-refractivity contribution in [3.8, 4) is 0 Å². The summed E-state index contributed by atoms with van der Waals surface area (Å²) in [5.74, 6) is 0.607. The van der Waals surface area contributed by atoms with Gasteiger partial charge in [0, 0.05) is 25.1 Å². The molecular weight excluding hydrogens is 288 g/mol. The molecule has 0 saturated carbocycles. The van der Waals surface area contributed by atoms with Crippen LogP contribution in [0.5, 0.6) is 0 Å². The highest BCUT2D eigenvalue weighted by atomic mass is 35.5. The van der Waals surface area contributed by atoms with Gasteiger partial charge in [-0.1, -0.05) is 11.6 Å². The Morgan fingerprint density at radius 1 is 1.47 bits per heavy atom. The van der Waals surface area contributed by atoms with Crippen LogP contribution >= 0.6 is 11.6 Å². The van der Waals surface area contributed by atoms with Crippen LogP contribution in [0, 0.1) is 0 Å². The summed E-state index contributed by atoms with van der Waals surface area (Å²) in [7, 11) is -1.91. The van der Waals surface area contributed by atoms with E-state index in [1.807, 2.05) is 0 Å². The van der Waals surface area contributed by atoms with Crippen LogP contribution in [0.15, 0.2) is 35.5 Å². The van der Waals surface area contributed by atoms with Crippen LogP contribution in [0.3, 0.4) is 0 Å². The fraction of sp³-hybridized carbons (Fsp3) is 0.182. The summed E-state index contributed by atoms with van der Waals surface area (Å²) in [6, 6.07) is 4.26. The summed E-state index contributed by atoms with van der Waals surface area (Å²) in [6.07, 6.45) is 3.33. The molecule has 6 nitrogen and oxygen atoms in total. The lowest BCUT2D eigenvalue weighted by Gasteiger charge is -2.08. The van der Waals surface area contributed by atoms with Gasteiger partial charge >= 0.3 is 0 Å². The van der Waals surface area contributed by atoms with Gasteiger partial charge in [0.25, 0.3) is 0 Å². The lowest BCUT2D eigenvalue weighted by Crippen LogP contribution is -2.25. The molecule has 0 aliphatic rings. The van der Waals surface area contributed by atoms with Gasteiger partial charge in [0.05, 0.1) is 11.6 Å². The van der Waals surface area contributed by atoms with Crippen molar-refractivity contribution < 1.29 is 8.42 Å². The number of hydrogen-bond donors (Lipinski definition) is 2. The highest BCUT2D eigenvalue weighted by Crippen LogP contribution is 2.23. The maximum Gasteiger partial charge on any atom is 0.242 e. The topological polar surface area (TPSA) is 90.0 Å². The minimum Gasteiger partial charge on any atom is -0.399 e. The van der Waals surface area contributed by atoms with E-state index in [2.05, 4.69) is 9.71 Å². The molecule has 0 fully saturated rings. The van der Waals surface area contributed by atoms with Crippen molar-refractivity contribution in [1.29, 1.82) is 0 Å². The number of sulfonamides is 1. The first-order valence-electron chi connectivity index (χ1n) is 5.41. The van der Waals surface area contributed by atoms with Gasteiger partial charge in [-0.25, -0.2) is 18.1 Å². The van der Waals surface area contributed by atoms with Gasteiger partial charge in [-0.3, -0.25) is 0 Å². The van der Waals surface area contributed by atoms with E-state index < -0.39 is 10.0 Å². The van der Waals surface area contributed by atoms with Crippen LogP contribution in [0.25, 0.3) is 0 Å². The number of imidazole rings is 1. The molecular formula is C11H13ClN4O2S. The standard InChI is InChI=1S/C11H13ClN4O2S/c1-16-5-4-14-11(16)7-15-19(17,18)10-3-2-8(13)6-9(10)12/h2-6,15H,7,13H2,1H3. The van der Waals surface area contributed by atoms with E-state index in [1.54, 1.807) is 24.0 Å². The first-order chi connectivity index (χ1) is 8.90. The van der Waals surface area contributed by atoms with Crippen LogP contribution in [0.2, 0.25) is 5.02 Å². The molecule has 0 amide bonds. The molecule has 0 atom stereocenters. The lowest BCUT2D eigenvalue weighted by atomic mass is 10.3. The molecule has 3 N–H and O–H groups in total. The maximum atomic E-state index is 12.1. The Kier molecular flexibility index (Phi) is 3.79. The number of nitrogens with one attached hydrogen (secondary N) is 1. The number of aryl methyl sites for hydroxylation is 1. The van der Waals surface area contributed by atoms with E-state index in [9.17, 15) is 8.42 Å². The summed E-state index contributed by atoms with van der Waals surface area (Å²) in [6.45, 7) is 0.0898. The van der Waals surface area contributed by atoms with E-state index in [0.29, 0.717) is 11.5 Å². The zero-order valence-electron chi connectivity index (χ0n) is 10.2. The first kappa shape index (κ1) is 13.9. The third-order valence-corrected chi connectivity index (χ3v) is 4.47. The van der Waals surface area contributed by atoms with Crippen LogP contribution in [-0.4, -0.2) is 18.0 Å². The van der Waals surface area contributed by atoms with Gasteiger partial charge in [0.15, 0.2) is 0 Å². The number of nitrogens with zero attached hydrogens (tertiary/aromatic N) is 2. The van der Waals surface area contributed by atoms with E-state index in [4.69, 9.17) is 17.3 Å². The molecule has 0 aliphatic carbocycles. The molecule has 0 spiro atoms. The maximum absolute atomic E-state index is 12.1. The van der Waals surface area contributed by atoms with E-state index in [0.717, 1.165) is 0 Å². The van der Waals surface area contributed by atoms with Crippen LogP contribution < -0.4 is 10.5 Å². The summed E-state index contributed by atoms with van der Waals surface area (Å²) in [5, 5.41) is 0.0901. The monoisotopic (exact) mass is 300 g/mol. The number of nitrogen functional groups attached to an aromatic ring is 1. The lowest BCUT2D eigenvalue weighted by molar-refractivity contribution is 0.577. The van der Waals surface area contributed by atoms with Crippen molar-refractivity contribution in [2.45, 2.75) is 11.4 Å². The van der Waals surface area contributed by atoms with Crippen LogP contribution in [0.4, 0.5) is 5.69 Å². The minimum atomic E-state index is -3.69. The van der Waals surface area contributed by atoms with Crippen molar-refractivity contribution >= 4 is 27.3 Å². The second-order valence-electron chi connectivity index (χ2n) is 3.97. The average Bonchev–Trinajstić information content (AvgIpc) is 2.72. The number of aromatic nitrogens is 2. The Morgan fingerprint density at radius 3 is 2.79 bits per heavy atom. The number of rotatable bonds is 4. The number of benzene rings is 1. The van der Waals surface area contributed by atoms with Crippen molar-refractivity contribution in [1.82, 2.24) is 14.3 Å². The second kappa shape index (κ2) is 5.20. The van der Waals surface area contributed by atoms with Gasteiger partial charge in [0.2, 0.25) is 10.0 Å². The predicted octanol–water partition coefficient (Wildman–Crippen LogP) is 1.13. The molecule has 1 heterocycles. The quantitative estimate of drug-likeness (QED) is 0.828. The van der Waals surface area contributed by atoms with E-state index in [-0.39, 0.29) is 16.5 Å². The zero-order valence-corrected chi connectivity index (χ0v) is 11.7.